The minimum atomic E-state index is -4.06. The lowest BCUT2D eigenvalue weighted by Gasteiger charge is -2.40. The van der Waals surface area contributed by atoms with Crippen molar-refractivity contribution in [2.45, 2.75) is 58.2 Å². The summed E-state index contributed by atoms with van der Waals surface area (Å²) >= 11 is 1.61. The van der Waals surface area contributed by atoms with E-state index < -0.39 is 12.1 Å². The van der Waals surface area contributed by atoms with Crippen molar-refractivity contribution < 1.29 is 13.2 Å². The van der Waals surface area contributed by atoms with Crippen molar-refractivity contribution in [2.75, 3.05) is 6.54 Å². The Hall–Kier alpha value is -0.620. The van der Waals surface area contributed by atoms with E-state index in [1.807, 2.05) is 20.8 Å². The first kappa shape index (κ1) is 15.8. The quantitative estimate of drug-likeness (QED) is 0.899. The first-order chi connectivity index (χ1) is 9.28. The van der Waals surface area contributed by atoms with Crippen molar-refractivity contribution in [3.63, 3.8) is 0 Å². The standard InChI is InChI=1S/C14H21F3N2S/c1-4-18-13(12-19-9(2)10(3)20-12)7-5-11(6-8-13)14(15,16)17/h11,18H,4-8H2,1-3H3. The second-order valence-electron chi connectivity index (χ2n) is 5.59. The molecule has 0 radical (unpaired) electrons. The Morgan fingerprint density at radius 3 is 2.30 bits per heavy atom. The lowest BCUT2D eigenvalue weighted by atomic mass is 9.76. The van der Waals surface area contributed by atoms with E-state index in [4.69, 9.17) is 0 Å². The van der Waals surface area contributed by atoms with Gasteiger partial charge in [0.2, 0.25) is 0 Å². The molecule has 0 aromatic carbocycles. The van der Waals surface area contributed by atoms with Crippen molar-refractivity contribution in [2.24, 2.45) is 5.92 Å². The van der Waals surface area contributed by atoms with Crippen LogP contribution in [-0.2, 0) is 5.54 Å². The molecule has 1 aliphatic carbocycles. The molecule has 1 aliphatic rings. The van der Waals surface area contributed by atoms with E-state index in [9.17, 15) is 13.2 Å². The average molecular weight is 306 g/mol. The topological polar surface area (TPSA) is 24.9 Å². The Labute approximate surface area is 121 Å². The molecule has 0 unspecified atom stereocenters. The summed E-state index contributed by atoms with van der Waals surface area (Å²) in [6, 6.07) is 0. The molecule has 1 saturated carbocycles. The predicted octanol–water partition coefficient (Wildman–Crippen LogP) is 4.32. The maximum Gasteiger partial charge on any atom is 0.391 e. The third kappa shape index (κ3) is 3.01. The normalized spacial score (nSPS) is 27.8. The van der Waals surface area contributed by atoms with Gasteiger partial charge in [0.1, 0.15) is 5.01 Å². The number of alkyl halides is 3. The molecule has 1 N–H and O–H groups in total. The molecule has 2 rings (SSSR count). The number of thiazole rings is 1. The minimum Gasteiger partial charge on any atom is -0.306 e. The number of hydrogen-bond donors (Lipinski definition) is 1. The number of nitrogens with one attached hydrogen (secondary N) is 1. The number of hydrogen-bond acceptors (Lipinski definition) is 3. The fraction of sp³-hybridized carbons (Fsp3) is 0.786. The Morgan fingerprint density at radius 1 is 1.30 bits per heavy atom. The summed E-state index contributed by atoms with van der Waals surface area (Å²) in [7, 11) is 0. The van der Waals surface area contributed by atoms with E-state index in [1.54, 1.807) is 11.3 Å². The third-order valence-corrected chi connectivity index (χ3v) is 5.53. The van der Waals surface area contributed by atoms with Gasteiger partial charge in [-0.05, 0) is 46.1 Å². The first-order valence-electron chi connectivity index (χ1n) is 7.05. The molecule has 1 heterocycles. The second kappa shape index (κ2) is 5.64. The van der Waals surface area contributed by atoms with Gasteiger partial charge >= 0.3 is 6.18 Å². The summed E-state index contributed by atoms with van der Waals surface area (Å²) in [5, 5.41) is 4.36. The summed E-state index contributed by atoms with van der Waals surface area (Å²) < 4.78 is 38.4. The van der Waals surface area contributed by atoms with E-state index >= 15 is 0 Å². The van der Waals surface area contributed by atoms with Gasteiger partial charge in [0.15, 0.2) is 0 Å². The van der Waals surface area contributed by atoms with E-state index in [0.717, 1.165) is 22.1 Å². The van der Waals surface area contributed by atoms with E-state index in [1.165, 1.54) is 0 Å². The highest BCUT2D eigenvalue weighted by Crippen LogP contribution is 2.46. The van der Waals surface area contributed by atoms with Crippen molar-refractivity contribution in [3.05, 3.63) is 15.6 Å². The van der Waals surface area contributed by atoms with Crippen LogP contribution in [0.3, 0.4) is 0 Å². The molecule has 6 heteroatoms. The lowest BCUT2D eigenvalue weighted by Crippen LogP contribution is -2.46. The average Bonchev–Trinajstić information content (AvgIpc) is 2.70. The van der Waals surface area contributed by atoms with Crippen molar-refractivity contribution >= 4 is 11.3 Å². The number of halogens is 3. The van der Waals surface area contributed by atoms with Gasteiger partial charge in [-0.2, -0.15) is 13.2 Å². The van der Waals surface area contributed by atoms with E-state index in [0.29, 0.717) is 12.8 Å². The molecule has 1 aromatic rings. The van der Waals surface area contributed by atoms with Crippen LogP contribution in [0.4, 0.5) is 13.2 Å². The van der Waals surface area contributed by atoms with Gasteiger partial charge in [-0.15, -0.1) is 11.3 Å². The monoisotopic (exact) mass is 306 g/mol. The van der Waals surface area contributed by atoms with Gasteiger partial charge < -0.3 is 5.32 Å². The van der Waals surface area contributed by atoms with Crippen LogP contribution in [0.5, 0.6) is 0 Å². The van der Waals surface area contributed by atoms with Crippen molar-refractivity contribution in [3.8, 4) is 0 Å². The first-order valence-corrected chi connectivity index (χ1v) is 7.86. The molecule has 1 fully saturated rings. The zero-order valence-electron chi connectivity index (χ0n) is 12.1. The molecule has 0 spiro atoms. The Balaban J connectivity index is 2.21. The van der Waals surface area contributed by atoms with Gasteiger partial charge in [0.05, 0.1) is 17.2 Å². The second-order valence-corrected chi connectivity index (χ2v) is 6.79. The van der Waals surface area contributed by atoms with E-state index in [2.05, 4.69) is 10.3 Å². The van der Waals surface area contributed by atoms with Gasteiger partial charge in [-0.25, -0.2) is 4.98 Å². The van der Waals surface area contributed by atoms with Crippen LogP contribution >= 0.6 is 11.3 Å². The zero-order chi connectivity index (χ0) is 15.0. The van der Waals surface area contributed by atoms with Crippen molar-refractivity contribution in [1.82, 2.24) is 10.3 Å². The SMILES string of the molecule is CCNC1(c2nc(C)c(C)s2)CCC(C(F)(F)F)CC1. The zero-order valence-corrected chi connectivity index (χ0v) is 12.9. The highest BCUT2D eigenvalue weighted by molar-refractivity contribution is 7.11. The molecule has 0 bridgehead atoms. The van der Waals surface area contributed by atoms with Crippen LogP contribution in [0.1, 0.15) is 48.2 Å². The summed E-state index contributed by atoms with van der Waals surface area (Å²) in [6.45, 7) is 6.70. The summed E-state index contributed by atoms with van der Waals surface area (Å²) in [5.41, 5.74) is 0.625. The summed E-state index contributed by atoms with van der Waals surface area (Å²) in [4.78, 5) is 5.74. The molecule has 2 nitrogen and oxygen atoms in total. The van der Waals surface area contributed by atoms with Crippen LogP contribution in [0.15, 0.2) is 0 Å². The summed E-state index contributed by atoms with van der Waals surface area (Å²) in [6.07, 6.45) is -2.66. The predicted molar refractivity (Wildman–Crippen MR) is 75.0 cm³/mol. The number of rotatable bonds is 3. The Kier molecular flexibility index (Phi) is 4.44. The van der Waals surface area contributed by atoms with Gasteiger partial charge in [0, 0.05) is 4.88 Å². The van der Waals surface area contributed by atoms with Gasteiger partial charge in [0.25, 0.3) is 0 Å². The molecule has 0 aliphatic heterocycles. The molecule has 1 aromatic heterocycles. The fourth-order valence-electron chi connectivity index (χ4n) is 2.92. The molecule has 0 saturated heterocycles. The molecular weight excluding hydrogens is 285 g/mol. The highest BCUT2D eigenvalue weighted by atomic mass is 32.1. The largest absolute Gasteiger partial charge is 0.391 e. The van der Waals surface area contributed by atoms with Crippen LogP contribution in [0.25, 0.3) is 0 Å². The highest BCUT2D eigenvalue weighted by Gasteiger charge is 2.47. The van der Waals surface area contributed by atoms with Gasteiger partial charge in [-0.3, -0.25) is 0 Å². The fourth-order valence-corrected chi connectivity index (χ4v) is 4.06. The molecule has 114 valence electrons. The molecular formula is C14H21F3N2S. The van der Waals surface area contributed by atoms with Crippen LogP contribution in [-0.4, -0.2) is 17.7 Å². The van der Waals surface area contributed by atoms with Gasteiger partial charge in [-0.1, -0.05) is 6.92 Å². The van der Waals surface area contributed by atoms with Crippen LogP contribution in [0.2, 0.25) is 0 Å². The minimum absolute atomic E-state index is 0.189. The lowest BCUT2D eigenvalue weighted by molar-refractivity contribution is -0.185. The smallest absolute Gasteiger partial charge is 0.306 e. The molecule has 0 amide bonds. The Bertz CT molecular complexity index is 440. The van der Waals surface area contributed by atoms with Crippen LogP contribution < -0.4 is 5.32 Å². The number of aromatic nitrogens is 1. The molecule has 0 atom stereocenters. The maximum atomic E-state index is 12.8. The Morgan fingerprint density at radius 2 is 1.90 bits per heavy atom. The van der Waals surface area contributed by atoms with E-state index in [-0.39, 0.29) is 18.4 Å². The number of nitrogens with zero attached hydrogens (tertiary/aromatic N) is 1. The van der Waals surface area contributed by atoms with Crippen LogP contribution in [0, 0.1) is 19.8 Å². The summed E-state index contributed by atoms with van der Waals surface area (Å²) in [5.74, 6) is -1.16. The molecule has 20 heavy (non-hydrogen) atoms. The van der Waals surface area contributed by atoms with Crippen molar-refractivity contribution in [1.29, 1.82) is 0 Å². The number of aryl methyl sites for hydroxylation is 2. The third-order valence-electron chi connectivity index (χ3n) is 4.26. The maximum absolute atomic E-state index is 12.8.